The molecule has 0 bridgehead atoms. The fourth-order valence-electron chi connectivity index (χ4n) is 1.72. The van der Waals surface area contributed by atoms with E-state index in [-0.39, 0.29) is 0 Å². The van der Waals surface area contributed by atoms with Gasteiger partial charge in [-0.2, -0.15) is 44.1 Å². The third-order valence-corrected chi connectivity index (χ3v) is 9.18. The molecule has 0 aliphatic rings. The van der Waals surface area contributed by atoms with Crippen molar-refractivity contribution < 1.29 is 60.9 Å². The van der Waals surface area contributed by atoms with E-state index in [1.54, 1.807) is 17.0 Å². The van der Waals surface area contributed by atoms with Gasteiger partial charge >= 0.3 is 17.2 Å². The van der Waals surface area contributed by atoms with Crippen molar-refractivity contribution >= 4 is 35.6 Å². The van der Waals surface area contributed by atoms with Gasteiger partial charge in [0.15, 0.2) is 12.4 Å². The number of benzene rings is 1. The normalized spacial score (nSPS) is 13.5. The van der Waals surface area contributed by atoms with Crippen molar-refractivity contribution in [3.05, 3.63) is 63.9 Å². The van der Waals surface area contributed by atoms with Gasteiger partial charge in [0.25, 0.3) is 0 Å². The molecule has 0 fully saturated rings. The van der Waals surface area contributed by atoms with Crippen LogP contribution in [0.25, 0.3) is 5.69 Å². The number of alkyl halides is 9. The molecule has 0 atom stereocenters. The summed E-state index contributed by atoms with van der Waals surface area (Å²) < 4.78 is 148. The van der Waals surface area contributed by atoms with E-state index in [4.69, 9.17) is 0 Å². The maximum atomic E-state index is 12.3. The Balaban J connectivity index is 0.000000320. The molecule has 5 nitrogen and oxygen atoms in total. The van der Waals surface area contributed by atoms with E-state index in [9.17, 15) is 56.3 Å². The molecule has 0 aliphatic heterocycles. The van der Waals surface area contributed by atoms with Crippen LogP contribution in [0.3, 0.4) is 0 Å². The lowest BCUT2D eigenvalue weighted by atomic mass is 10.2. The largest absolute Gasteiger partial charge is 0.470 e. The van der Waals surface area contributed by atoms with Crippen molar-refractivity contribution in [2.75, 3.05) is 0 Å². The Morgan fingerprint density at radius 3 is 1.38 bits per heavy atom. The van der Waals surface area contributed by atoms with Gasteiger partial charge in [0.05, 0.1) is 5.56 Å². The van der Waals surface area contributed by atoms with Gasteiger partial charge in [0.2, 0.25) is 5.69 Å². The first-order valence-corrected chi connectivity index (χ1v) is 11.3. The molecular formula is C15H9BrF9NO4S2. The fourth-order valence-corrected chi connectivity index (χ4v) is 4.91. The second-order valence-corrected chi connectivity index (χ2v) is 11.3. The van der Waals surface area contributed by atoms with Gasteiger partial charge in [-0.3, -0.25) is 32.8 Å². The van der Waals surface area contributed by atoms with Gasteiger partial charge < -0.3 is 0 Å². The summed E-state index contributed by atoms with van der Waals surface area (Å²) in [5, 5.41) is 0. The Hall–Kier alpha value is -1.88. The second-order valence-electron chi connectivity index (χ2n) is 5.46. The lowest BCUT2D eigenvalue weighted by Gasteiger charge is -2.26. The number of sulfone groups is 2. The quantitative estimate of drug-likeness (QED) is 0.300. The molecule has 180 valence electrons. The summed E-state index contributed by atoms with van der Waals surface area (Å²) >= 11 is 1.29. The molecule has 0 N–H and O–H groups in total. The molecule has 0 radical (unpaired) electrons. The third kappa shape index (κ3) is 6.57. The van der Waals surface area contributed by atoms with E-state index in [1.165, 1.54) is 28.1 Å². The van der Waals surface area contributed by atoms with Gasteiger partial charge in [-0.25, -0.2) is 0 Å². The Labute approximate surface area is 183 Å². The number of hydrogen-bond donors (Lipinski definition) is 0. The highest BCUT2D eigenvalue weighted by Crippen LogP contribution is 2.43. The van der Waals surface area contributed by atoms with Crippen molar-refractivity contribution in [3.63, 3.8) is 0 Å². The van der Waals surface area contributed by atoms with E-state index >= 15 is 0 Å². The van der Waals surface area contributed by atoms with Crippen LogP contribution in [-0.2, 0) is 25.9 Å². The smallest absolute Gasteiger partial charge is 0.283 e. The molecule has 17 heteroatoms. The first-order chi connectivity index (χ1) is 14.2. The second kappa shape index (κ2) is 9.54. The maximum Gasteiger partial charge on any atom is 0.470 e. The van der Waals surface area contributed by atoms with E-state index in [0.29, 0.717) is 5.69 Å². The summed E-state index contributed by atoms with van der Waals surface area (Å²) in [4.78, 5) is 0. The van der Waals surface area contributed by atoms with Gasteiger partial charge in [-0.05, 0) is 12.1 Å². The molecule has 0 spiro atoms. The van der Waals surface area contributed by atoms with Gasteiger partial charge in [-0.1, -0.05) is 6.07 Å². The highest BCUT2D eigenvalue weighted by molar-refractivity contribution is 9.15. The lowest BCUT2D eigenvalue weighted by molar-refractivity contribution is -0.595. The standard InChI is InChI=1S/C12H9F3N.C3BrF6O4S2/c13-12(14,15)10-4-6-11(7-5-10)16-8-2-1-3-9-16;4-1(15(11,12)2(5,6)7)16(13,14)3(8,9)10/h1-9H;/q+1;-1. The minimum absolute atomic E-state index is 0.632. The Morgan fingerprint density at radius 1 is 0.688 bits per heavy atom. The highest BCUT2D eigenvalue weighted by atomic mass is 79.9. The number of halogens is 10. The molecule has 1 heterocycles. The summed E-state index contributed by atoms with van der Waals surface area (Å²) in [6.45, 7) is 0. The van der Waals surface area contributed by atoms with Crippen molar-refractivity contribution in [3.8, 4) is 5.69 Å². The molecule has 0 amide bonds. The van der Waals surface area contributed by atoms with Gasteiger partial charge in [0.1, 0.15) is 19.7 Å². The zero-order valence-electron chi connectivity index (χ0n) is 14.9. The Kier molecular flexibility index (Phi) is 8.40. The molecule has 0 unspecified atom stereocenters. The van der Waals surface area contributed by atoms with Crippen LogP contribution < -0.4 is 4.57 Å². The average molecular weight is 582 g/mol. The summed E-state index contributed by atoms with van der Waals surface area (Å²) in [5.74, 6) is 0. The van der Waals surface area contributed by atoms with Crippen LogP contribution in [-0.4, -0.2) is 27.9 Å². The van der Waals surface area contributed by atoms with Gasteiger partial charge in [-0.15, -0.1) is 0 Å². The maximum absolute atomic E-state index is 12.3. The first-order valence-electron chi connectivity index (χ1n) is 7.52. The van der Waals surface area contributed by atoms with Crippen LogP contribution in [0.2, 0.25) is 0 Å². The van der Waals surface area contributed by atoms with Crippen LogP contribution in [0.5, 0.6) is 0 Å². The van der Waals surface area contributed by atoms with Crippen LogP contribution in [0, 0.1) is 3.49 Å². The Bertz CT molecular complexity index is 1070. The summed E-state index contributed by atoms with van der Waals surface area (Å²) in [7, 11) is -13.2. The summed E-state index contributed by atoms with van der Waals surface area (Å²) in [6, 6.07) is 10.5. The molecule has 0 saturated carbocycles. The lowest BCUT2D eigenvalue weighted by Crippen LogP contribution is -2.36. The minimum atomic E-state index is -6.59. The number of aromatic nitrogens is 1. The summed E-state index contributed by atoms with van der Waals surface area (Å²) in [6.07, 6.45) is -0.717. The van der Waals surface area contributed by atoms with E-state index < -0.39 is 45.9 Å². The van der Waals surface area contributed by atoms with Crippen LogP contribution >= 0.6 is 15.9 Å². The molecule has 32 heavy (non-hydrogen) atoms. The minimum Gasteiger partial charge on any atom is -0.283 e. The zero-order chi connectivity index (χ0) is 25.2. The van der Waals surface area contributed by atoms with Crippen LogP contribution in [0.4, 0.5) is 39.5 Å². The number of pyridine rings is 1. The molecule has 0 aliphatic carbocycles. The Morgan fingerprint density at radius 2 is 1.06 bits per heavy atom. The molecule has 2 rings (SSSR count). The number of hydrogen-bond acceptors (Lipinski definition) is 4. The molecule has 1 aromatic carbocycles. The topological polar surface area (TPSA) is 72.2 Å². The molecule has 2 aromatic rings. The summed E-state index contributed by atoms with van der Waals surface area (Å²) in [5.41, 5.74) is -12.2. The predicted molar refractivity (Wildman–Crippen MR) is 95.1 cm³/mol. The number of nitrogens with zero attached hydrogens (tertiary/aromatic N) is 1. The van der Waals surface area contributed by atoms with Crippen molar-refractivity contribution in [2.45, 2.75) is 17.2 Å². The first kappa shape index (κ1) is 28.2. The zero-order valence-corrected chi connectivity index (χ0v) is 18.1. The van der Waals surface area contributed by atoms with E-state index in [0.717, 1.165) is 12.1 Å². The van der Waals surface area contributed by atoms with Crippen LogP contribution in [0.15, 0.2) is 54.9 Å². The molecule has 0 saturated heterocycles. The van der Waals surface area contributed by atoms with Gasteiger partial charge in [0, 0.05) is 27.8 Å². The van der Waals surface area contributed by atoms with E-state index in [1.807, 2.05) is 18.2 Å². The van der Waals surface area contributed by atoms with Crippen LogP contribution in [0.1, 0.15) is 5.56 Å². The highest BCUT2D eigenvalue weighted by Gasteiger charge is 2.53. The SMILES string of the molecule is FC(F)(F)c1ccc(-[n+]2ccccc2)cc1.O=S(=O)([C-](Br)S(=O)(=O)C(F)(F)F)C(F)(F)F. The third-order valence-electron chi connectivity index (χ3n) is 3.24. The van der Waals surface area contributed by atoms with E-state index in [2.05, 4.69) is 0 Å². The van der Waals surface area contributed by atoms with Crippen molar-refractivity contribution in [2.24, 2.45) is 0 Å². The van der Waals surface area contributed by atoms with Crippen molar-refractivity contribution in [1.82, 2.24) is 0 Å². The number of rotatable bonds is 3. The van der Waals surface area contributed by atoms with Crippen molar-refractivity contribution in [1.29, 1.82) is 0 Å². The molecule has 1 aromatic heterocycles. The monoisotopic (exact) mass is 581 g/mol. The fraction of sp³-hybridized carbons (Fsp3) is 0.200. The average Bonchev–Trinajstić information content (AvgIpc) is 2.66. The predicted octanol–water partition coefficient (Wildman–Crippen LogP) is 4.68. The molecular weight excluding hydrogens is 573 g/mol.